The number of hydrogen-bond donors (Lipinski definition) is 1. The van der Waals surface area contributed by atoms with Gasteiger partial charge in [-0.15, -0.1) is 0 Å². The Kier molecular flexibility index (Phi) is 5.23. The zero-order valence-corrected chi connectivity index (χ0v) is 16.3. The van der Waals surface area contributed by atoms with Gasteiger partial charge in [0.25, 0.3) is 5.91 Å². The van der Waals surface area contributed by atoms with E-state index in [1.807, 2.05) is 0 Å². The minimum Gasteiger partial charge on any atom is -0.497 e. The van der Waals surface area contributed by atoms with Gasteiger partial charge in [0.15, 0.2) is 0 Å². The normalized spacial score (nSPS) is 18.1. The molecule has 1 N–H and O–H groups in total. The van der Waals surface area contributed by atoms with Crippen molar-refractivity contribution in [3.63, 3.8) is 0 Å². The van der Waals surface area contributed by atoms with E-state index in [9.17, 15) is 19.1 Å². The molecule has 5 nitrogen and oxygen atoms in total. The Morgan fingerprint density at radius 1 is 1.07 bits per heavy atom. The number of benzene rings is 3. The molecule has 2 atom stereocenters. The molecule has 0 aromatic heterocycles. The minimum absolute atomic E-state index is 0.152. The Morgan fingerprint density at radius 3 is 2.50 bits per heavy atom. The van der Waals surface area contributed by atoms with E-state index in [-0.39, 0.29) is 18.3 Å². The topological polar surface area (TPSA) is 66.8 Å². The largest absolute Gasteiger partial charge is 0.497 e. The average Bonchev–Trinajstić information content (AvgIpc) is 2.76. The summed E-state index contributed by atoms with van der Waals surface area (Å²) < 4.78 is 18.7. The van der Waals surface area contributed by atoms with Gasteiger partial charge in [-0.3, -0.25) is 9.59 Å². The van der Waals surface area contributed by atoms with Crippen molar-refractivity contribution in [2.75, 3.05) is 7.11 Å². The second-order valence-electron chi connectivity index (χ2n) is 7.18. The van der Waals surface area contributed by atoms with Gasteiger partial charge in [0.2, 0.25) is 0 Å². The van der Waals surface area contributed by atoms with Crippen molar-refractivity contribution in [1.82, 2.24) is 4.90 Å². The maximum atomic E-state index is 13.4. The summed E-state index contributed by atoms with van der Waals surface area (Å²) in [6.07, 6.45) is 0. The second-order valence-corrected chi connectivity index (χ2v) is 7.18. The third-order valence-corrected chi connectivity index (χ3v) is 5.41. The van der Waals surface area contributed by atoms with Gasteiger partial charge in [-0.25, -0.2) is 4.39 Å². The number of carboxylic acids is 1. The van der Waals surface area contributed by atoms with Crippen LogP contribution in [-0.2, 0) is 11.3 Å². The fraction of sp³-hybridized carbons (Fsp3) is 0.167. The highest BCUT2D eigenvalue weighted by Crippen LogP contribution is 2.44. The third kappa shape index (κ3) is 3.52. The summed E-state index contributed by atoms with van der Waals surface area (Å²) in [5, 5.41) is 10.1. The fourth-order valence-electron chi connectivity index (χ4n) is 4.02. The molecule has 4 rings (SSSR count). The van der Waals surface area contributed by atoms with Crippen LogP contribution in [-0.4, -0.2) is 29.0 Å². The zero-order valence-electron chi connectivity index (χ0n) is 16.3. The van der Waals surface area contributed by atoms with E-state index in [1.165, 1.54) is 19.2 Å². The molecule has 152 valence electrons. The first-order valence-electron chi connectivity index (χ1n) is 9.50. The maximum Gasteiger partial charge on any atom is 0.313 e. The van der Waals surface area contributed by atoms with Crippen molar-refractivity contribution in [3.05, 3.63) is 101 Å². The van der Waals surface area contributed by atoms with Crippen LogP contribution in [0.2, 0.25) is 0 Å². The van der Waals surface area contributed by atoms with Crippen molar-refractivity contribution in [2.24, 2.45) is 0 Å². The van der Waals surface area contributed by atoms with E-state index in [4.69, 9.17) is 4.74 Å². The lowest BCUT2D eigenvalue weighted by molar-refractivity contribution is -0.140. The first kappa shape index (κ1) is 19.6. The summed E-state index contributed by atoms with van der Waals surface area (Å²) in [4.78, 5) is 27.4. The highest BCUT2D eigenvalue weighted by atomic mass is 19.1. The second kappa shape index (κ2) is 7.99. The Bertz CT molecular complexity index is 1100. The first-order valence-corrected chi connectivity index (χ1v) is 9.50. The molecule has 0 aliphatic carbocycles. The summed E-state index contributed by atoms with van der Waals surface area (Å²) in [6, 6.07) is 19.0. The van der Waals surface area contributed by atoms with Crippen molar-refractivity contribution in [1.29, 1.82) is 0 Å². The number of rotatable bonds is 5. The number of ether oxygens (including phenoxy) is 1. The van der Waals surface area contributed by atoms with Crippen LogP contribution in [0.25, 0.3) is 0 Å². The third-order valence-electron chi connectivity index (χ3n) is 5.41. The molecule has 0 radical (unpaired) electrons. The molecule has 0 spiro atoms. The summed E-state index contributed by atoms with van der Waals surface area (Å²) >= 11 is 0. The molecule has 0 bridgehead atoms. The number of aliphatic carboxylic acids is 1. The van der Waals surface area contributed by atoms with Gasteiger partial charge in [0.1, 0.15) is 17.5 Å². The molecular weight excluding hydrogens is 385 g/mol. The molecule has 0 fully saturated rings. The van der Waals surface area contributed by atoms with Crippen LogP contribution >= 0.6 is 0 Å². The Morgan fingerprint density at radius 2 is 1.80 bits per heavy atom. The summed E-state index contributed by atoms with van der Waals surface area (Å²) in [5.74, 6) is -2.04. The number of amides is 1. The monoisotopic (exact) mass is 405 g/mol. The number of hydrogen-bond acceptors (Lipinski definition) is 3. The van der Waals surface area contributed by atoms with Crippen molar-refractivity contribution in [3.8, 4) is 5.75 Å². The standard InChI is InChI=1S/C24H20FNO4/c1-30-18-6-4-5-16(13-18)22-21(24(28)29)19-7-2-3-8-20(19)23(27)26(22)14-15-9-11-17(25)12-10-15/h2-13,21-22H,14H2,1H3,(H,28,29). The zero-order chi connectivity index (χ0) is 21.3. The van der Waals surface area contributed by atoms with E-state index in [0.717, 1.165) is 0 Å². The highest BCUT2D eigenvalue weighted by molar-refractivity contribution is 6.00. The minimum atomic E-state index is -1.02. The van der Waals surface area contributed by atoms with Crippen molar-refractivity contribution < 1.29 is 23.8 Å². The summed E-state index contributed by atoms with van der Waals surface area (Å²) in [5.41, 5.74) is 2.22. The van der Waals surface area contributed by atoms with Crippen LogP contribution in [0.1, 0.15) is 39.0 Å². The molecule has 0 saturated heterocycles. The molecule has 1 aliphatic heterocycles. The van der Waals surface area contributed by atoms with Gasteiger partial charge in [0, 0.05) is 12.1 Å². The van der Waals surface area contributed by atoms with Crippen LogP contribution in [0.3, 0.4) is 0 Å². The first-order chi connectivity index (χ1) is 14.5. The van der Waals surface area contributed by atoms with E-state index < -0.39 is 17.9 Å². The molecule has 30 heavy (non-hydrogen) atoms. The Labute approximate surface area is 173 Å². The van der Waals surface area contributed by atoms with Gasteiger partial charge >= 0.3 is 5.97 Å². The number of carbonyl (C=O) groups is 2. The number of methoxy groups -OCH3 is 1. The molecule has 1 aliphatic rings. The Hall–Kier alpha value is -3.67. The van der Waals surface area contributed by atoms with E-state index in [2.05, 4.69) is 0 Å². The quantitative estimate of drug-likeness (QED) is 0.683. The molecular formula is C24H20FNO4. The van der Waals surface area contributed by atoms with Crippen LogP contribution < -0.4 is 4.74 Å². The SMILES string of the molecule is COc1cccc(C2C(C(=O)O)c3ccccc3C(=O)N2Cc2ccc(F)cc2)c1. The number of carbonyl (C=O) groups excluding carboxylic acids is 1. The lowest BCUT2D eigenvalue weighted by Gasteiger charge is -2.41. The number of carboxylic acid groups (broad SMARTS) is 1. The van der Waals surface area contributed by atoms with Gasteiger partial charge < -0.3 is 14.7 Å². The van der Waals surface area contributed by atoms with Gasteiger partial charge in [-0.05, 0) is 47.0 Å². The maximum absolute atomic E-state index is 13.4. The number of fused-ring (bicyclic) bond motifs is 1. The van der Waals surface area contributed by atoms with Gasteiger partial charge in [-0.2, -0.15) is 0 Å². The van der Waals surface area contributed by atoms with E-state index in [1.54, 1.807) is 65.6 Å². The Balaban J connectivity index is 1.88. The molecule has 0 saturated carbocycles. The predicted molar refractivity (Wildman–Crippen MR) is 109 cm³/mol. The molecule has 2 unspecified atom stereocenters. The average molecular weight is 405 g/mol. The highest BCUT2D eigenvalue weighted by Gasteiger charge is 2.44. The molecule has 3 aromatic carbocycles. The van der Waals surface area contributed by atoms with Crippen LogP contribution in [0, 0.1) is 5.82 Å². The molecule has 1 heterocycles. The lowest BCUT2D eigenvalue weighted by Crippen LogP contribution is -2.44. The van der Waals surface area contributed by atoms with Crippen molar-refractivity contribution in [2.45, 2.75) is 18.5 Å². The van der Waals surface area contributed by atoms with E-state index in [0.29, 0.717) is 28.0 Å². The van der Waals surface area contributed by atoms with Crippen LogP contribution in [0.4, 0.5) is 4.39 Å². The fourth-order valence-corrected chi connectivity index (χ4v) is 4.02. The van der Waals surface area contributed by atoms with E-state index >= 15 is 0 Å². The number of halogens is 1. The van der Waals surface area contributed by atoms with Crippen LogP contribution in [0.15, 0.2) is 72.8 Å². The number of nitrogens with zero attached hydrogens (tertiary/aromatic N) is 1. The predicted octanol–water partition coefficient (Wildman–Crippen LogP) is 4.40. The summed E-state index contributed by atoms with van der Waals surface area (Å²) in [6.45, 7) is 0.152. The summed E-state index contributed by atoms with van der Waals surface area (Å²) in [7, 11) is 1.53. The molecule has 6 heteroatoms. The van der Waals surface area contributed by atoms with Crippen LogP contribution in [0.5, 0.6) is 5.75 Å². The lowest BCUT2D eigenvalue weighted by atomic mass is 9.79. The van der Waals surface area contributed by atoms with Gasteiger partial charge in [-0.1, -0.05) is 42.5 Å². The van der Waals surface area contributed by atoms with Gasteiger partial charge in [0.05, 0.1) is 13.2 Å². The smallest absolute Gasteiger partial charge is 0.313 e. The molecule has 1 amide bonds. The van der Waals surface area contributed by atoms with Crippen molar-refractivity contribution >= 4 is 11.9 Å². The molecule has 3 aromatic rings.